The molecule has 0 aliphatic rings. The number of carbonyl (C=O) groups excluding carboxylic acids is 2. The van der Waals surface area contributed by atoms with E-state index in [1.165, 1.54) is 0 Å². The van der Waals surface area contributed by atoms with E-state index in [2.05, 4.69) is 15.0 Å². The molecule has 7 heteroatoms. The van der Waals surface area contributed by atoms with Crippen LogP contribution in [0.3, 0.4) is 0 Å². The fourth-order valence-corrected chi connectivity index (χ4v) is 2.61. The summed E-state index contributed by atoms with van der Waals surface area (Å²) in [5, 5.41) is 3.06. The number of aromatic nitrogens is 1. The van der Waals surface area contributed by atoms with Crippen molar-refractivity contribution in [2.45, 2.75) is 6.04 Å². The van der Waals surface area contributed by atoms with Gasteiger partial charge in [-0.15, -0.1) is 0 Å². The van der Waals surface area contributed by atoms with Gasteiger partial charge in [0.1, 0.15) is 11.6 Å². The van der Waals surface area contributed by atoms with Gasteiger partial charge >= 0.3 is 5.97 Å². The minimum Gasteiger partial charge on any atom is -0.467 e. The van der Waals surface area contributed by atoms with Gasteiger partial charge in [0.25, 0.3) is 5.91 Å². The summed E-state index contributed by atoms with van der Waals surface area (Å²) in [5.74, 6) is -3.06. The van der Waals surface area contributed by atoms with Crippen molar-refractivity contribution in [3.8, 4) is 0 Å². The maximum absolute atomic E-state index is 14.0. The van der Waals surface area contributed by atoms with E-state index in [1.54, 1.807) is 30.5 Å². The Kier molecular flexibility index (Phi) is 4.47. The highest BCUT2D eigenvalue weighted by molar-refractivity contribution is 6.07. The first-order valence-corrected chi connectivity index (χ1v) is 7.41. The van der Waals surface area contributed by atoms with E-state index in [9.17, 15) is 18.4 Å². The lowest BCUT2D eigenvalue weighted by Gasteiger charge is -2.18. The van der Waals surface area contributed by atoms with Crippen molar-refractivity contribution in [2.75, 3.05) is 7.11 Å². The summed E-state index contributed by atoms with van der Waals surface area (Å²) in [7, 11) is 1.10. The number of ether oxygens (including phenoxy) is 1. The molecule has 1 amide bonds. The van der Waals surface area contributed by atoms with Crippen LogP contribution in [-0.4, -0.2) is 24.0 Å². The minimum atomic E-state index is -1.47. The van der Waals surface area contributed by atoms with Gasteiger partial charge in [-0.1, -0.05) is 6.07 Å². The Morgan fingerprint density at radius 2 is 1.96 bits per heavy atom. The van der Waals surface area contributed by atoms with Gasteiger partial charge in [-0.2, -0.15) is 0 Å². The van der Waals surface area contributed by atoms with E-state index in [0.29, 0.717) is 10.9 Å². The minimum absolute atomic E-state index is 0.296. The maximum Gasteiger partial charge on any atom is 0.333 e. The summed E-state index contributed by atoms with van der Waals surface area (Å²) in [6, 6.07) is 7.94. The van der Waals surface area contributed by atoms with Gasteiger partial charge in [0.05, 0.1) is 7.11 Å². The van der Waals surface area contributed by atoms with Crippen LogP contribution in [0.4, 0.5) is 8.78 Å². The molecule has 0 bridgehead atoms. The summed E-state index contributed by atoms with van der Waals surface area (Å²) in [4.78, 5) is 27.6. The van der Waals surface area contributed by atoms with E-state index in [4.69, 9.17) is 0 Å². The number of carbonyl (C=O) groups is 2. The average molecular weight is 344 g/mol. The van der Waals surface area contributed by atoms with Crippen molar-refractivity contribution >= 4 is 22.8 Å². The Morgan fingerprint density at radius 3 is 2.72 bits per heavy atom. The molecule has 25 heavy (non-hydrogen) atoms. The molecule has 1 atom stereocenters. The smallest absolute Gasteiger partial charge is 0.333 e. The number of hydrogen-bond donors (Lipinski definition) is 2. The molecule has 0 radical (unpaired) electrons. The second-order valence-corrected chi connectivity index (χ2v) is 5.34. The van der Waals surface area contributed by atoms with E-state index in [0.717, 1.165) is 30.8 Å². The van der Waals surface area contributed by atoms with Gasteiger partial charge in [0.2, 0.25) is 0 Å². The Morgan fingerprint density at radius 1 is 1.16 bits per heavy atom. The van der Waals surface area contributed by atoms with Crippen LogP contribution in [0.2, 0.25) is 0 Å². The number of nitrogens with one attached hydrogen (secondary N) is 2. The van der Waals surface area contributed by atoms with Crippen molar-refractivity contribution in [1.29, 1.82) is 0 Å². The van der Waals surface area contributed by atoms with Crippen LogP contribution in [0.25, 0.3) is 10.9 Å². The number of H-pyrrole nitrogens is 1. The van der Waals surface area contributed by atoms with Gasteiger partial charge in [-0.05, 0) is 36.4 Å². The van der Waals surface area contributed by atoms with Crippen molar-refractivity contribution < 1.29 is 23.1 Å². The predicted molar refractivity (Wildman–Crippen MR) is 86.9 cm³/mol. The third-order valence-corrected chi connectivity index (χ3v) is 3.82. The molecular weight excluding hydrogens is 330 g/mol. The van der Waals surface area contributed by atoms with E-state index in [1.807, 2.05) is 0 Å². The second-order valence-electron chi connectivity index (χ2n) is 5.34. The lowest BCUT2D eigenvalue weighted by molar-refractivity contribution is -0.143. The zero-order valence-electron chi connectivity index (χ0n) is 13.2. The number of rotatable bonds is 4. The van der Waals surface area contributed by atoms with Crippen molar-refractivity contribution in [3.63, 3.8) is 0 Å². The van der Waals surface area contributed by atoms with Gasteiger partial charge in [-0.25, -0.2) is 13.6 Å². The molecule has 3 aromatic rings. The maximum atomic E-state index is 14.0. The van der Waals surface area contributed by atoms with Crippen LogP contribution in [0.5, 0.6) is 0 Å². The first kappa shape index (κ1) is 16.6. The van der Waals surface area contributed by atoms with Crippen LogP contribution < -0.4 is 5.32 Å². The van der Waals surface area contributed by atoms with Crippen molar-refractivity contribution in [3.05, 3.63) is 71.4 Å². The molecule has 0 unspecified atom stereocenters. The molecule has 5 nitrogen and oxygen atoms in total. The largest absolute Gasteiger partial charge is 0.467 e. The number of fused-ring (bicyclic) bond motifs is 1. The molecule has 2 N–H and O–H groups in total. The summed E-state index contributed by atoms with van der Waals surface area (Å²) in [6.07, 6.45) is 1.67. The van der Waals surface area contributed by atoms with Gasteiger partial charge in [-0.3, -0.25) is 4.79 Å². The van der Waals surface area contributed by atoms with Crippen LogP contribution in [0.15, 0.2) is 48.7 Å². The van der Waals surface area contributed by atoms with Crippen LogP contribution in [0.1, 0.15) is 22.0 Å². The molecule has 1 aromatic heterocycles. The second kappa shape index (κ2) is 6.72. The zero-order valence-corrected chi connectivity index (χ0v) is 13.2. The molecule has 0 spiro atoms. The Bertz CT molecular complexity index is 952. The van der Waals surface area contributed by atoms with Crippen molar-refractivity contribution in [2.24, 2.45) is 0 Å². The zero-order chi connectivity index (χ0) is 18.0. The Balaban J connectivity index is 1.98. The standard InChI is InChI=1S/C18H14F2N2O3/c1-25-18(24)16(13-9-10(19)5-6-14(13)20)22-17(23)12-3-2-4-15-11(12)7-8-21-15/h2-9,16,21H,1H3,(H,22,23)/t16-/m1/s1. The molecule has 0 aliphatic carbocycles. The summed E-state index contributed by atoms with van der Waals surface area (Å²) < 4.78 is 32.1. The molecular formula is C18H14F2N2O3. The van der Waals surface area contributed by atoms with Gasteiger partial charge in [0, 0.05) is 28.2 Å². The lowest BCUT2D eigenvalue weighted by atomic mass is 10.0. The van der Waals surface area contributed by atoms with E-state index >= 15 is 0 Å². The molecule has 0 fully saturated rings. The Hall–Kier alpha value is -3.22. The fraction of sp³-hybridized carbons (Fsp3) is 0.111. The molecule has 0 aliphatic heterocycles. The summed E-state index contributed by atoms with van der Waals surface area (Å²) in [6.45, 7) is 0. The number of amides is 1. The normalized spacial score (nSPS) is 12.0. The number of halogens is 2. The molecule has 0 saturated heterocycles. The monoisotopic (exact) mass is 344 g/mol. The lowest BCUT2D eigenvalue weighted by Crippen LogP contribution is -2.35. The van der Waals surface area contributed by atoms with Gasteiger partial charge in [0.15, 0.2) is 6.04 Å². The highest BCUT2D eigenvalue weighted by Crippen LogP contribution is 2.22. The summed E-state index contributed by atoms with van der Waals surface area (Å²) >= 11 is 0. The van der Waals surface area contributed by atoms with E-state index < -0.39 is 29.6 Å². The number of hydrogen-bond acceptors (Lipinski definition) is 3. The number of esters is 1. The third-order valence-electron chi connectivity index (χ3n) is 3.82. The van der Waals surface area contributed by atoms with Crippen LogP contribution in [0, 0.1) is 11.6 Å². The molecule has 2 aromatic carbocycles. The predicted octanol–water partition coefficient (Wildman–Crippen LogP) is 3.09. The van der Waals surface area contributed by atoms with Crippen molar-refractivity contribution in [1.82, 2.24) is 10.3 Å². The highest BCUT2D eigenvalue weighted by Gasteiger charge is 2.28. The van der Waals surface area contributed by atoms with Gasteiger partial charge < -0.3 is 15.0 Å². The molecule has 3 rings (SSSR count). The molecule has 128 valence electrons. The first-order chi connectivity index (χ1) is 12.0. The first-order valence-electron chi connectivity index (χ1n) is 7.41. The highest BCUT2D eigenvalue weighted by atomic mass is 19.1. The topological polar surface area (TPSA) is 71.2 Å². The Labute approximate surface area is 141 Å². The van der Waals surface area contributed by atoms with E-state index in [-0.39, 0.29) is 5.56 Å². The number of benzene rings is 2. The third kappa shape index (κ3) is 3.21. The number of aromatic amines is 1. The van der Waals surface area contributed by atoms with Crippen LogP contribution >= 0.6 is 0 Å². The fourth-order valence-electron chi connectivity index (χ4n) is 2.61. The summed E-state index contributed by atoms with van der Waals surface area (Å²) in [5.41, 5.74) is 0.727. The number of methoxy groups -OCH3 is 1. The van der Waals surface area contributed by atoms with Crippen LogP contribution in [-0.2, 0) is 9.53 Å². The quantitative estimate of drug-likeness (QED) is 0.715. The molecule has 0 saturated carbocycles. The average Bonchev–Trinajstić information content (AvgIpc) is 3.09. The SMILES string of the molecule is COC(=O)[C@H](NC(=O)c1cccc2[nH]ccc12)c1cc(F)ccc1F. The molecule has 1 heterocycles.